The van der Waals surface area contributed by atoms with Crippen molar-refractivity contribution in [3.63, 3.8) is 0 Å². The van der Waals surface area contributed by atoms with Crippen LogP contribution in [0.5, 0.6) is 0 Å². The molecule has 0 spiro atoms. The van der Waals surface area contributed by atoms with Crippen molar-refractivity contribution in [3.8, 4) is 0 Å². The molecule has 0 aliphatic heterocycles. The Hall–Kier alpha value is -2.60. The minimum absolute atomic E-state index is 0.356. The van der Waals surface area contributed by atoms with E-state index in [2.05, 4.69) is 10.6 Å². The average Bonchev–Trinajstić information content (AvgIpc) is 3.23. The third-order valence-electron chi connectivity index (χ3n) is 3.94. The minimum atomic E-state index is -0.819. The van der Waals surface area contributed by atoms with Crippen LogP contribution in [-0.2, 0) is 22.4 Å². The van der Waals surface area contributed by atoms with Gasteiger partial charge in [-0.2, -0.15) is 0 Å². The van der Waals surface area contributed by atoms with Crippen molar-refractivity contribution in [1.29, 1.82) is 0 Å². The molecule has 3 rings (SSSR count). The van der Waals surface area contributed by atoms with Gasteiger partial charge in [0, 0.05) is 5.69 Å². The van der Waals surface area contributed by atoms with Gasteiger partial charge in [-0.05, 0) is 54.7 Å². The summed E-state index contributed by atoms with van der Waals surface area (Å²) in [6.07, 6.45) is 4.62. The number of aliphatic hydroxyl groups excluding tert-OH is 1. The number of hydrogen-bond donors (Lipinski definition) is 3. The van der Waals surface area contributed by atoms with Crippen molar-refractivity contribution in [2.75, 3.05) is 11.9 Å². The molecule has 1 heterocycles. The van der Waals surface area contributed by atoms with Gasteiger partial charge in [0.25, 0.3) is 0 Å². The van der Waals surface area contributed by atoms with Gasteiger partial charge in [0.05, 0.1) is 12.9 Å². The Balaban J connectivity index is 1.62. The number of aryl methyl sites for hydroxylation is 2. The minimum Gasteiger partial charge on any atom is -0.467 e. The first-order valence-electron chi connectivity index (χ1n) is 7.55. The SMILES string of the molecule is O=C(Nc1ccc2c(c1)CCC2)C(=O)NC(CO)c1ccco1. The maximum Gasteiger partial charge on any atom is 0.313 e. The molecule has 2 amide bonds. The van der Waals surface area contributed by atoms with E-state index in [0.29, 0.717) is 11.4 Å². The van der Waals surface area contributed by atoms with Gasteiger partial charge in [0.1, 0.15) is 11.8 Å². The molecular weight excluding hydrogens is 296 g/mol. The van der Waals surface area contributed by atoms with E-state index in [0.717, 1.165) is 19.3 Å². The highest BCUT2D eigenvalue weighted by Crippen LogP contribution is 2.24. The molecule has 23 heavy (non-hydrogen) atoms. The van der Waals surface area contributed by atoms with Crippen LogP contribution in [0.3, 0.4) is 0 Å². The second kappa shape index (κ2) is 6.66. The van der Waals surface area contributed by atoms with Crippen LogP contribution in [0.2, 0.25) is 0 Å². The number of rotatable bonds is 4. The van der Waals surface area contributed by atoms with E-state index < -0.39 is 17.9 Å². The number of furan rings is 1. The molecule has 2 aromatic rings. The maximum absolute atomic E-state index is 12.0. The van der Waals surface area contributed by atoms with Gasteiger partial charge < -0.3 is 20.2 Å². The van der Waals surface area contributed by atoms with Gasteiger partial charge in [0.2, 0.25) is 0 Å². The van der Waals surface area contributed by atoms with Crippen molar-refractivity contribution in [1.82, 2.24) is 5.32 Å². The first-order valence-corrected chi connectivity index (χ1v) is 7.55. The number of fused-ring (bicyclic) bond motifs is 1. The first kappa shape index (κ1) is 15.3. The third kappa shape index (κ3) is 3.43. The van der Waals surface area contributed by atoms with Crippen molar-refractivity contribution in [2.24, 2.45) is 0 Å². The molecule has 0 saturated heterocycles. The lowest BCUT2D eigenvalue weighted by atomic mass is 10.1. The average molecular weight is 314 g/mol. The molecule has 6 heteroatoms. The summed E-state index contributed by atoms with van der Waals surface area (Å²) in [6, 6.07) is 8.21. The normalized spacial score (nSPS) is 14.1. The number of carbonyl (C=O) groups is 2. The Bertz CT molecular complexity index is 709. The summed E-state index contributed by atoms with van der Waals surface area (Å²) in [6.45, 7) is -0.356. The highest BCUT2D eigenvalue weighted by molar-refractivity contribution is 6.39. The lowest BCUT2D eigenvalue weighted by Gasteiger charge is -2.14. The number of anilines is 1. The smallest absolute Gasteiger partial charge is 0.313 e. The van der Waals surface area contributed by atoms with Crippen LogP contribution >= 0.6 is 0 Å². The molecule has 3 N–H and O–H groups in total. The summed E-state index contributed by atoms with van der Waals surface area (Å²) in [5, 5.41) is 14.3. The fourth-order valence-electron chi connectivity index (χ4n) is 2.76. The molecule has 1 aromatic heterocycles. The zero-order chi connectivity index (χ0) is 16.2. The van der Waals surface area contributed by atoms with Gasteiger partial charge in [0.15, 0.2) is 0 Å². The van der Waals surface area contributed by atoms with E-state index in [9.17, 15) is 14.7 Å². The van der Waals surface area contributed by atoms with E-state index in [-0.39, 0.29) is 6.61 Å². The number of carbonyl (C=O) groups excluding carboxylic acids is 2. The van der Waals surface area contributed by atoms with Crippen LogP contribution in [0.25, 0.3) is 0 Å². The largest absolute Gasteiger partial charge is 0.467 e. The van der Waals surface area contributed by atoms with Crippen molar-refractivity contribution < 1.29 is 19.1 Å². The Labute approximate surface area is 133 Å². The summed E-state index contributed by atoms with van der Waals surface area (Å²) in [4.78, 5) is 24.0. The fraction of sp³-hybridized carbons (Fsp3) is 0.294. The first-order chi connectivity index (χ1) is 11.2. The number of aliphatic hydroxyl groups is 1. The highest BCUT2D eigenvalue weighted by atomic mass is 16.3. The molecule has 6 nitrogen and oxygen atoms in total. The maximum atomic E-state index is 12.0. The van der Waals surface area contributed by atoms with Crippen LogP contribution in [0, 0.1) is 0 Å². The molecule has 0 bridgehead atoms. The van der Waals surface area contributed by atoms with E-state index in [1.165, 1.54) is 17.4 Å². The van der Waals surface area contributed by atoms with Crippen molar-refractivity contribution in [2.45, 2.75) is 25.3 Å². The van der Waals surface area contributed by atoms with Crippen LogP contribution in [0.15, 0.2) is 41.0 Å². The summed E-state index contributed by atoms with van der Waals surface area (Å²) >= 11 is 0. The van der Waals surface area contributed by atoms with Gasteiger partial charge >= 0.3 is 11.8 Å². The van der Waals surface area contributed by atoms with Crippen LogP contribution < -0.4 is 10.6 Å². The number of hydrogen-bond acceptors (Lipinski definition) is 4. The lowest BCUT2D eigenvalue weighted by molar-refractivity contribution is -0.136. The van der Waals surface area contributed by atoms with Crippen LogP contribution in [0.1, 0.15) is 29.3 Å². The topological polar surface area (TPSA) is 91.6 Å². The molecule has 1 atom stereocenters. The molecule has 1 aliphatic carbocycles. The second-order valence-electron chi connectivity index (χ2n) is 5.52. The molecule has 0 saturated carbocycles. The summed E-state index contributed by atoms with van der Waals surface area (Å²) in [5.74, 6) is -1.19. The van der Waals surface area contributed by atoms with Crippen molar-refractivity contribution in [3.05, 3.63) is 53.5 Å². The fourth-order valence-corrected chi connectivity index (χ4v) is 2.76. The quantitative estimate of drug-likeness (QED) is 0.747. The zero-order valence-corrected chi connectivity index (χ0v) is 12.5. The van der Waals surface area contributed by atoms with E-state index in [1.54, 1.807) is 18.2 Å². The third-order valence-corrected chi connectivity index (χ3v) is 3.94. The Kier molecular flexibility index (Phi) is 4.43. The monoisotopic (exact) mass is 314 g/mol. The highest BCUT2D eigenvalue weighted by Gasteiger charge is 2.21. The molecule has 0 fully saturated rings. The summed E-state index contributed by atoms with van der Waals surface area (Å²) in [5.41, 5.74) is 3.11. The van der Waals surface area contributed by atoms with Crippen LogP contribution in [0.4, 0.5) is 5.69 Å². The van der Waals surface area contributed by atoms with E-state index in [1.807, 2.05) is 12.1 Å². The Morgan fingerprint density at radius 2 is 2.00 bits per heavy atom. The van der Waals surface area contributed by atoms with E-state index in [4.69, 9.17) is 4.42 Å². The van der Waals surface area contributed by atoms with Gasteiger partial charge in [-0.3, -0.25) is 9.59 Å². The standard InChI is InChI=1S/C17H18N2O4/c20-10-14(15-5-2-8-23-15)19-17(22)16(21)18-13-7-6-11-3-1-4-12(11)9-13/h2,5-9,14,20H,1,3-4,10H2,(H,18,21)(H,19,22). The van der Waals surface area contributed by atoms with Gasteiger partial charge in [-0.25, -0.2) is 0 Å². The number of amides is 2. The van der Waals surface area contributed by atoms with Crippen LogP contribution in [-0.4, -0.2) is 23.5 Å². The molecule has 1 aliphatic rings. The molecular formula is C17H18N2O4. The molecule has 1 aromatic carbocycles. The number of nitrogens with one attached hydrogen (secondary N) is 2. The summed E-state index contributed by atoms with van der Waals surface area (Å²) in [7, 11) is 0. The summed E-state index contributed by atoms with van der Waals surface area (Å²) < 4.78 is 5.13. The molecule has 1 unspecified atom stereocenters. The zero-order valence-electron chi connectivity index (χ0n) is 12.5. The lowest BCUT2D eigenvalue weighted by Crippen LogP contribution is -2.38. The Morgan fingerprint density at radius 1 is 1.17 bits per heavy atom. The Morgan fingerprint density at radius 3 is 2.74 bits per heavy atom. The molecule has 120 valence electrons. The number of benzene rings is 1. The predicted octanol–water partition coefficient (Wildman–Crippen LogP) is 1.56. The van der Waals surface area contributed by atoms with Gasteiger partial charge in [-0.15, -0.1) is 0 Å². The molecule has 0 radical (unpaired) electrons. The van der Waals surface area contributed by atoms with Gasteiger partial charge in [-0.1, -0.05) is 6.07 Å². The predicted molar refractivity (Wildman–Crippen MR) is 83.8 cm³/mol. The second-order valence-corrected chi connectivity index (χ2v) is 5.52. The van der Waals surface area contributed by atoms with Crippen molar-refractivity contribution >= 4 is 17.5 Å². The van der Waals surface area contributed by atoms with E-state index >= 15 is 0 Å².